The lowest BCUT2D eigenvalue weighted by atomic mass is 9.88. The summed E-state index contributed by atoms with van der Waals surface area (Å²) in [5.41, 5.74) is 2.94. The van der Waals surface area contributed by atoms with E-state index in [9.17, 15) is 4.79 Å². The Morgan fingerprint density at radius 2 is 2.24 bits per heavy atom. The van der Waals surface area contributed by atoms with Crippen LogP contribution in [-0.2, 0) is 17.6 Å². The Labute approximate surface area is 135 Å². The number of hydrogen-bond acceptors (Lipinski definition) is 2. The van der Waals surface area contributed by atoms with E-state index >= 15 is 0 Å². The number of nitrogens with one attached hydrogen (secondary N) is 1. The molecule has 1 heterocycles. The Morgan fingerprint density at radius 3 is 3.00 bits per heavy atom. The molecule has 1 aromatic rings. The first kappa shape index (κ1) is 15.0. The van der Waals surface area contributed by atoms with E-state index in [1.54, 1.807) is 0 Å². The number of rotatable bonds is 4. The van der Waals surface area contributed by atoms with Crippen LogP contribution in [0.4, 0.5) is 0 Å². The first-order valence-electron chi connectivity index (χ1n) is 7.93. The first-order valence-corrected chi connectivity index (χ1v) is 8.72. The molecule has 0 aromatic heterocycles. The van der Waals surface area contributed by atoms with Crippen molar-refractivity contribution in [3.8, 4) is 0 Å². The molecule has 1 aliphatic carbocycles. The van der Waals surface area contributed by atoms with Crippen LogP contribution >= 0.6 is 15.9 Å². The van der Waals surface area contributed by atoms with Gasteiger partial charge in [-0.2, -0.15) is 0 Å². The second-order valence-electron chi connectivity index (χ2n) is 6.36. The normalized spacial score (nSPS) is 23.2. The highest BCUT2D eigenvalue weighted by molar-refractivity contribution is 9.10. The van der Waals surface area contributed by atoms with E-state index in [4.69, 9.17) is 0 Å². The van der Waals surface area contributed by atoms with Gasteiger partial charge in [0.05, 0.1) is 0 Å². The maximum Gasteiger partial charge on any atom is 0.222 e. The van der Waals surface area contributed by atoms with E-state index in [-0.39, 0.29) is 0 Å². The van der Waals surface area contributed by atoms with Crippen molar-refractivity contribution in [2.24, 2.45) is 0 Å². The third-order valence-corrected chi connectivity index (χ3v) is 5.08. The monoisotopic (exact) mass is 350 g/mol. The number of aryl methyl sites for hydroxylation is 1. The lowest BCUT2D eigenvalue weighted by molar-refractivity contribution is -0.128. The molecule has 3 rings (SSSR count). The SMILES string of the molecule is CC(CN1CCCC1=O)NC1CCc2cc(Br)ccc2C1. The third kappa shape index (κ3) is 3.67. The highest BCUT2D eigenvalue weighted by atomic mass is 79.9. The van der Waals surface area contributed by atoms with E-state index in [1.165, 1.54) is 22.0 Å². The van der Waals surface area contributed by atoms with E-state index in [2.05, 4.69) is 46.4 Å². The quantitative estimate of drug-likeness (QED) is 0.905. The number of benzene rings is 1. The summed E-state index contributed by atoms with van der Waals surface area (Å²) in [7, 11) is 0. The summed E-state index contributed by atoms with van der Waals surface area (Å²) < 4.78 is 1.17. The molecular weight excluding hydrogens is 328 g/mol. The van der Waals surface area contributed by atoms with Gasteiger partial charge in [-0.3, -0.25) is 4.79 Å². The summed E-state index contributed by atoms with van der Waals surface area (Å²) in [4.78, 5) is 13.7. The number of carbonyl (C=O) groups is 1. The van der Waals surface area contributed by atoms with Crippen molar-refractivity contribution >= 4 is 21.8 Å². The average molecular weight is 351 g/mol. The molecule has 0 saturated carbocycles. The zero-order valence-corrected chi connectivity index (χ0v) is 14.2. The van der Waals surface area contributed by atoms with Gasteiger partial charge < -0.3 is 10.2 Å². The van der Waals surface area contributed by atoms with Crippen molar-refractivity contribution in [1.82, 2.24) is 10.2 Å². The second kappa shape index (κ2) is 6.49. The number of amides is 1. The Hall–Kier alpha value is -0.870. The number of halogens is 1. The maximum absolute atomic E-state index is 11.7. The van der Waals surface area contributed by atoms with E-state index in [0.717, 1.165) is 38.8 Å². The molecule has 1 aliphatic heterocycles. The molecule has 0 spiro atoms. The minimum Gasteiger partial charge on any atom is -0.341 e. The molecule has 3 nitrogen and oxygen atoms in total. The molecule has 2 aliphatic rings. The van der Waals surface area contributed by atoms with Crippen LogP contribution < -0.4 is 5.32 Å². The fourth-order valence-corrected chi connectivity index (χ4v) is 3.96. The molecule has 0 radical (unpaired) electrons. The largest absolute Gasteiger partial charge is 0.341 e. The van der Waals surface area contributed by atoms with Crippen LogP contribution in [0.25, 0.3) is 0 Å². The molecule has 1 fully saturated rings. The molecule has 21 heavy (non-hydrogen) atoms. The molecule has 1 N–H and O–H groups in total. The summed E-state index contributed by atoms with van der Waals surface area (Å²) in [5.74, 6) is 0.322. The predicted molar refractivity (Wildman–Crippen MR) is 88.4 cm³/mol. The average Bonchev–Trinajstić information content (AvgIpc) is 2.84. The molecule has 4 heteroatoms. The summed E-state index contributed by atoms with van der Waals surface area (Å²) in [6.45, 7) is 3.98. The van der Waals surface area contributed by atoms with Crippen molar-refractivity contribution in [2.75, 3.05) is 13.1 Å². The van der Waals surface area contributed by atoms with Crippen molar-refractivity contribution in [3.05, 3.63) is 33.8 Å². The molecular formula is C17H23BrN2O. The minimum absolute atomic E-state index is 0.322. The Kier molecular flexibility index (Phi) is 4.65. The van der Waals surface area contributed by atoms with Gasteiger partial charge in [-0.15, -0.1) is 0 Å². The van der Waals surface area contributed by atoms with Gasteiger partial charge in [0.1, 0.15) is 0 Å². The highest BCUT2D eigenvalue weighted by Gasteiger charge is 2.24. The first-order chi connectivity index (χ1) is 10.1. The van der Waals surface area contributed by atoms with Gasteiger partial charge >= 0.3 is 0 Å². The fourth-order valence-electron chi connectivity index (χ4n) is 3.55. The zero-order chi connectivity index (χ0) is 14.8. The van der Waals surface area contributed by atoms with Gasteiger partial charge in [-0.1, -0.05) is 22.0 Å². The summed E-state index contributed by atoms with van der Waals surface area (Å²) in [6, 6.07) is 7.52. The Morgan fingerprint density at radius 1 is 1.38 bits per heavy atom. The van der Waals surface area contributed by atoms with Gasteiger partial charge in [0.2, 0.25) is 5.91 Å². The van der Waals surface area contributed by atoms with Crippen LogP contribution in [0, 0.1) is 0 Å². The van der Waals surface area contributed by atoms with Gasteiger partial charge in [-0.05, 0) is 55.9 Å². The van der Waals surface area contributed by atoms with Crippen LogP contribution in [0.2, 0.25) is 0 Å². The van der Waals surface area contributed by atoms with Crippen molar-refractivity contribution < 1.29 is 4.79 Å². The Bertz CT molecular complexity index is 532. The van der Waals surface area contributed by atoms with Crippen LogP contribution in [0.5, 0.6) is 0 Å². The summed E-state index contributed by atoms with van der Waals surface area (Å²) in [6.07, 6.45) is 5.18. The smallest absolute Gasteiger partial charge is 0.222 e. The second-order valence-corrected chi connectivity index (χ2v) is 7.28. The third-order valence-electron chi connectivity index (χ3n) is 4.58. The molecule has 114 valence electrons. The number of carbonyl (C=O) groups excluding carboxylic acids is 1. The lowest BCUT2D eigenvalue weighted by Crippen LogP contribution is -2.46. The standard InChI is InChI=1S/C17H23BrN2O/c1-12(11-20-8-2-3-17(20)21)19-16-7-5-13-9-15(18)6-4-14(13)10-16/h4,6,9,12,16,19H,2-3,5,7-8,10-11H2,1H3. The molecule has 1 saturated heterocycles. The number of likely N-dealkylation sites (tertiary alicyclic amines) is 1. The number of nitrogens with zero attached hydrogens (tertiary/aromatic N) is 1. The van der Waals surface area contributed by atoms with Crippen LogP contribution in [0.3, 0.4) is 0 Å². The molecule has 2 atom stereocenters. The van der Waals surface area contributed by atoms with Crippen LogP contribution in [0.15, 0.2) is 22.7 Å². The van der Waals surface area contributed by atoms with Gasteiger partial charge in [0.25, 0.3) is 0 Å². The topological polar surface area (TPSA) is 32.3 Å². The summed E-state index contributed by atoms with van der Waals surface area (Å²) >= 11 is 3.55. The maximum atomic E-state index is 11.7. The van der Waals surface area contributed by atoms with Crippen molar-refractivity contribution in [2.45, 2.75) is 51.1 Å². The zero-order valence-electron chi connectivity index (χ0n) is 12.6. The minimum atomic E-state index is 0.322. The van der Waals surface area contributed by atoms with E-state index < -0.39 is 0 Å². The Balaban J connectivity index is 1.54. The van der Waals surface area contributed by atoms with Crippen molar-refractivity contribution in [1.29, 1.82) is 0 Å². The van der Waals surface area contributed by atoms with Crippen LogP contribution in [-0.4, -0.2) is 36.0 Å². The highest BCUT2D eigenvalue weighted by Crippen LogP contribution is 2.25. The fraction of sp³-hybridized carbons (Fsp3) is 0.588. The van der Waals surface area contributed by atoms with E-state index in [0.29, 0.717) is 18.0 Å². The summed E-state index contributed by atoms with van der Waals surface area (Å²) in [5, 5.41) is 3.72. The van der Waals surface area contributed by atoms with Gasteiger partial charge in [-0.25, -0.2) is 0 Å². The predicted octanol–water partition coefficient (Wildman–Crippen LogP) is 2.91. The van der Waals surface area contributed by atoms with Gasteiger partial charge in [0.15, 0.2) is 0 Å². The number of hydrogen-bond donors (Lipinski definition) is 1. The molecule has 1 amide bonds. The molecule has 2 unspecified atom stereocenters. The number of fused-ring (bicyclic) bond motifs is 1. The van der Waals surface area contributed by atoms with Crippen molar-refractivity contribution in [3.63, 3.8) is 0 Å². The molecule has 1 aromatic carbocycles. The molecule has 0 bridgehead atoms. The lowest BCUT2D eigenvalue weighted by Gasteiger charge is -2.30. The van der Waals surface area contributed by atoms with Gasteiger partial charge in [0, 0.05) is 36.1 Å². The van der Waals surface area contributed by atoms with Crippen LogP contribution in [0.1, 0.15) is 37.3 Å². The van der Waals surface area contributed by atoms with E-state index in [1.807, 2.05) is 4.90 Å².